The van der Waals surface area contributed by atoms with Crippen LogP contribution in [0.3, 0.4) is 0 Å². The van der Waals surface area contributed by atoms with Crippen LogP contribution in [0.25, 0.3) is 5.65 Å². The van der Waals surface area contributed by atoms with Gasteiger partial charge in [-0.05, 0) is 19.3 Å². The lowest BCUT2D eigenvalue weighted by molar-refractivity contribution is 0.101. The lowest BCUT2D eigenvalue weighted by Crippen LogP contribution is -2.30. The topological polar surface area (TPSA) is 63.5 Å². The summed E-state index contributed by atoms with van der Waals surface area (Å²) in [5.41, 5.74) is 0.848. The van der Waals surface area contributed by atoms with Gasteiger partial charge in [-0.15, -0.1) is 0 Å². The van der Waals surface area contributed by atoms with Crippen molar-refractivity contribution in [2.24, 2.45) is 0 Å². The monoisotopic (exact) mass is 261 g/mol. The zero-order valence-corrected chi connectivity index (χ0v) is 11.3. The first-order valence-corrected chi connectivity index (χ1v) is 6.62. The van der Waals surface area contributed by atoms with Crippen molar-refractivity contribution in [2.45, 2.75) is 31.4 Å². The Labute approximate surface area is 112 Å². The van der Waals surface area contributed by atoms with Crippen molar-refractivity contribution in [3.8, 4) is 0 Å². The molecule has 6 heteroatoms. The molecule has 3 rings (SSSR count). The number of ether oxygens (including phenoxy) is 1. The van der Waals surface area contributed by atoms with Crippen LogP contribution in [0.5, 0.6) is 0 Å². The van der Waals surface area contributed by atoms with Crippen LogP contribution in [0.15, 0.2) is 18.6 Å². The number of hydrogen-bond acceptors (Lipinski definition) is 5. The minimum Gasteiger partial charge on any atom is -0.379 e. The molecule has 2 aromatic rings. The summed E-state index contributed by atoms with van der Waals surface area (Å²) in [6, 6.07) is 0.310. The van der Waals surface area contributed by atoms with E-state index in [2.05, 4.69) is 20.6 Å². The molecule has 0 aliphatic heterocycles. The molecule has 2 heterocycles. The van der Waals surface area contributed by atoms with E-state index in [0.717, 1.165) is 30.1 Å². The molecule has 102 valence electrons. The third-order valence-corrected chi connectivity index (χ3v) is 3.71. The Bertz CT molecular complexity index is 567. The predicted octanol–water partition coefficient (Wildman–Crippen LogP) is 1.75. The summed E-state index contributed by atoms with van der Waals surface area (Å²) in [6.45, 7) is 0. The van der Waals surface area contributed by atoms with E-state index in [1.165, 1.54) is 6.42 Å². The predicted molar refractivity (Wildman–Crippen MR) is 74.6 cm³/mol. The molecule has 0 aromatic carbocycles. The Hall–Kier alpha value is -1.82. The van der Waals surface area contributed by atoms with Crippen molar-refractivity contribution in [3.63, 3.8) is 0 Å². The number of fused-ring (bicyclic) bond motifs is 1. The van der Waals surface area contributed by atoms with Crippen molar-refractivity contribution < 1.29 is 4.74 Å². The van der Waals surface area contributed by atoms with Crippen LogP contribution >= 0.6 is 0 Å². The molecule has 19 heavy (non-hydrogen) atoms. The molecular weight excluding hydrogens is 242 g/mol. The van der Waals surface area contributed by atoms with Gasteiger partial charge in [-0.2, -0.15) is 0 Å². The third kappa shape index (κ3) is 2.23. The van der Waals surface area contributed by atoms with Gasteiger partial charge in [0.25, 0.3) is 0 Å². The van der Waals surface area contributed by atoms with Gasteiger partial charge in [0.1, 0.15) is 5.82 Å². The maximum Gasteiger partial charge on any atom is 0.180 e. The lowest BCUT2D eigenvalue weighted by Gasteiger charge is -2.20. The second kappa shape index (κ2) is 5.05. The molecule has 2 N–H and O–H groups in total. The number of nitrogens with zero attached hydrogens (tertiary/aromatic N) is 3. The Morgan fingerprint density at radius 2 is 2.32 bits per heavy atom. The molecule has 0 spiro atoms. The van der Waals surface area contributed by atoms with Crippen molar-refractivity contribution >= 4 is 17.3 Å². The van der Waals surface area contributed by atoms with Gasteiger partial charge in [0.2, 0.25) is 0 Å². The van der Waals surface area contributed by atoms with E-state index in [1.807, 2.05) is 23.8 Å². The fourth-order valence-electron chi connectivity index (χ4n) is 2.70. The van der Waals surface area contributed by atoms with E-state index >= 15 is 0 Å². The highest BCUT2D eigenvalue weighted by molar-refractivity contribution is 5.65. The molecule has 0 amide bonds. The van der Waals surface area contributed by atoms with E-state index in [0.29, 0.717) is 6.04 Å². The highest BCUT2D eigenvalue weighted by atomic mass is 16.5. The molecule has 0 radical (unpaired) electrons. The van der Waals surface area contributed by atoms with Crippen molar-refractivity contribution in [3.05, 3.63) is 18.6 Å². The van der Waals surface area contributed by atoms with Crippen LogP contribution in [0.2, 0.25) is 0 Å². The molecule has 2 atom stereocenters. The second-order valence-corrected chi connectivity index (χ2v) is 4.84. The van der Waals surface area contributed by atoms with Gasteiger partial charge in [0.15, 0.2) is 11.5 Å². The Morgan fingerprint density at radius 3 is 3.11 bits per heavy atom. The molecule has 2 aromatic heterocycles. The van der Waals surface area contributed by atoms with E-state index in [4.69, 9.17) is 4.74 Å². The number of aromatic nitrogens is 3. The van der Waals surface area contributed by atoms with Crippen molar-refractivity contribution in [1.82, 2.24) is 14.4 Å². The summed E-state index contributed by atoms with van der Waals surface area (Å²) in [5.74, 6) is 1.63. The van der Waals surface area contributed by atoms with Crippen LogP contribution in [0.4, 0.5) is 11.6 Å². The Morgan fingerprint density at radius 1 is 1.42 bits per heavy atom. The van der Waals surface area contributed by atoms with Crippen molar-refractivity contribution in [1.29, 1.82) is 0 Å². The largest absolute Gasteiger partial charge is 0.379 e. The number of nitrogens with one attached hydrogen (secondary N) is 2. The highest BCUT2D eigenvalue weighted by Gasteiger charge is 2.28. The number of imidazole rings is 1. The number of methoxy groups -OCH3 is 1. The van der Waals surface area contributed by atoms with Gasteiger partial charge in [0.05, 0.1) is 18.3 Å². The molecule has 1 aliphatic rings. The van der Waals surface area contributed by atoms with Crippen LogP contribution in [0, 0.1) is 0 Å². The molecular formula is C13H19N5O. The molecule has 0 bridgehead atoms. The lowest BCUT2D eigenvalue weighted by atomic mass is 10.2. The summed E-state index contributed by atoms with van der Waals surface area (Å²) in [4.78, 5) is 8.92. The van der Waals surface area contributed by atoms with Gasteiger partial charge in [0, 0.05) is 26.6 Å². The maximum absolute atomic E-state index is 5.51. The SMILES string of the molecule is CNc1cn2ccnc2c(NC2CCCC2OC)n1. The van der Waals surface area contributed by atoms with E-state index in [9.17, 15) is 0 Å². The fraction of sp³-hybridized carbons (Fsp3) is 0.538. The number of anilines is 2. The first-order valence-electron chi connectivity index (χ1n) is 6.62. The zero-order chi connectivity index (χ0) is 13.2. The highest BCUT2D eigenvalue weighted by Crippen LogP contribution is 2.26. The molecule has 1 saturated carbocycles. The van der Waals surface area contributed by atoms with Gasteiger partial charge in [-0.1, -0.05) is 0 Å². The van der Waals surface area contributed by atoms with Gasteiger partial charge < -0.3 is 19.8 Å². The Balaban J connectivity index is 1.92. The van der Waals surface area contributed by atoms with E-state index < -0.39 is 0 Å². The fourth-order valence-corrected chi connectivity index (χ4v) is 2.70. The minimum absolute atomic E-state index is 0.259. The van der Waals surface area contributed by atoms with Gasteiger partial charge in [-0.25, -0.2) is 9.97 Å². The van der Waals surface area contributed by atoms with Crippen LogP contribution in [-0.2, 0) is 4.74 Å². The average Bonchev–Trinajstić information content (AvgIpc) is 3.06. The molecule has 1 aliphatic carbocycles. The minimum atomic E-state index is 0.259. The smallest absolute Gasteiger partial charge is 0.180 e. The summed E-state index contributed by atoms with van der Waals surface area (Å²) in [6.07, 6.45) is 9.29. The zero-order valence-electron chi connectivity index (χ0n) is 11.3. The van der Waals surface area contributed by atoms with E-state index in [-0.39, 0.29) is 6.10 Å². The number of rotatable bonds is 4. The first-order chi connectivity index (χ1) is 9.31. The van der Waals surface area contributed by atoms with Crippen LogP contribution in [0.1, 0.15) is 19.3 Å². The normalized spacial score (nSPS) is 22.8. The first kappa shape index (κ1) is 12.2. The number of hydrogen-bond donors (Lipinski definition) is 2. The molecule has 1 fully saturated rings. The maximum atomic E-state index is 5.51. The third-order valence-electron chi connectivity index (χ3n) is 3.71. The Kier molecular flexibility index (Phi) is 3.25. The standard InChI is InChI=1S/C13H19N5O/c1-14-11-8-18-7-6-15-13(18)12(17-11)16-9-4-3-5-10(9)19-2/h6-10,14H,3-5H2,1-2H3,(H,16,17). The molecule has 0 saturated heterocycles. The van der Waals surface area contributed by atoms with Crippen molar-refractivity contribution in [2.75, 3.05) is 24.8 Å². The van der Waals surface area contributed by atoms with Gasteiger partial charge >= 0.3 is 0 Å². The summed E-state index contributed by atoms with van der Waals surface area (Å²) >= 11 is 0. The second-order valence-electron chi connectivity index (χ2n) is 4.84. The quantitative estimate of drug-likeness (QED) is 0.878. The summed E-state index contributed by atoms with van der Waals surface area (Å²) in [7, 11) is 3.63. The van der Waals surface area contributed by atoms with E-state index in [1.54, 1.807) is 13.3 Å². The average molecular weight is 261 g/mol. The van der Waals surface area contributed by atoms with Gasteiger partial charge in [-0.3, -0.25) is 0 Å². The molecule has 2 unspecified atom stereocenters. The van der Waals surface area contributed by atoms with Crippen LogP contribution in [-0.4, -0.2) is 40.7 Å². The summed E-state index contributed by atoms with van der Waals surface area (Å²) in [5, 5.41) is 6.55. The molecule has 6 nitrogen and oxygen atoms in total. The van der Waals surface area contributed by atoms with Crippen LogP contribution < -0.4 is 10.6 Å². The summed E-state index contributed by atoms with van der Waals surface area (Å²) < 4.78 is 7.48.